The maximum absolute atomic E-state index is 6.01. The topological polar surface area (TPSA) is 0 Å². The number of halogens is 2. The number of rotatable bonds is 3. The van der Waals surface area contributed by atoms with Crippen LogP contribution in [-0.4, -0.2) is 5.88 Å². The zero-order valence-corrected chi connectivity index (χ0v) is 9.49. The first-order valence-electron chi connectivity index (χ1n) is 4.44. The van der Waals surface area contributed by atoms with Crippen molar-refractivity contribution in [3.8, 4) is 0 Å². The van der Waals surface area contributed by atoms with Crippen LogP contribution in [0.4, 0.5) is 0 Å². The Morgan fingerprint density at radius 3 is 2.62 bits per heavy atom. The van der Waals surface area contributed by atoms with E-state index in [0.717, 1.165) is 17.0 Å². The summed E-state index contributed by atoms with van der Waals surface area (Å²) in [6.07, 6.45) is 1.00. The maximum Gasteiger partial charge on any atom is 0.0437 e. The molecule has 13 heavy (non-hydrogen) atoms. The monoisotopic (exact) mass is 216 g/mol. The summed E-state index contributed by atoms with van der Waals surface area (Å²) in [5.41, 5.74) is 2.40. The average molecular weight is 217 g/mol. The van der Waals surface area contributed by atoms with Crippen LogP contribution in [0, 0.1) is 12.8 Å². The highest BCUT2D eigenvalue weighted by Crippen LogP contribution is 2.19. The van der Waals surface area contributed by atoms with E-state index in [2.05, 4.69) is 19.1 Å². The van der Waals surface area contributed by atoms with Crippen LogP contribution < -0.4 is 0 Å². The zero-order chi connectivity index (χ0) is 9.84. The maximum atomic E-state index is 6.01. The summed E-state index contributed by atoms with van der Waals surface area (Å²) in [5, 5.41) is 0.847. The summed E-state index contributed by atoms with van der Waals surface area (Å²) in [6, 6.07) is 6.20. The van der Waals surface area contributed by atoms with Crippen molar-refractivity contribution in [2.24, 2.45) is 5.92 Å². The van der Waals surface area contributed by atoms with Crippen LogP contribution in [0.2, 0.25) is 5.02 Å². The Bertz CT molecular complexity index is 281. The van der Waals surface area contributed by atoms with E-state index in [1.165, 1.54) is 5.56 Å². The molecule has 0 spiro atoms. The summed E-state index contributed by atoms with van der Waals surface area (Å²) >= 11 is 11.7. The quantitative estimate of drug-likeness (QED) is 0.669. The molecule has 72 valence electrons. The number of benzene rings is 1. The Kier molecular flexibility index (Phi) is 4.08. The number of alkyl halides is 1. The number of aryl methyl sites for hydroxylation is 1. The third kappa shape index (κ3) is 3.21. The molecular weight excluding hydrogens is 203 g/mol. The molecule has 0 N–H and O–H groups in total. The van der Waals surface area contributed by atoms with E-state index in [-0.39, 0.29) is 0 Å². The fourth-order valence-corrected chi connectivity index (χ4v) is 1.53. The van der Waals surface area contributed by atoms with Gasteiger partial charge >= 0.3 is 0 Å². The average Bonchev–Trinajstić information content (AvgIpc) is 2.11. The molecule has 0 saturated carbocycles. The normalized spacial score (nSPS) is 12.9. The van der Waals surface area contributed by atoms with Crippen LogP contribution in [0.25, 0.3) is 0 Å². The predicted molar refractivity (Wildman–Crippen MR) is 59.8 cm³/mol. The van der Waals surface area contributed by atoms with Crippen LogP contribution in [0.1, 0.15) is 18.1 Å². The molecule has 0 aliphatic carbocycles. The molecule has 0 saturated heterocycles. The van der Waals surface area contributed by atoms with Crippen molar-refractivity contribution in [2.45, 2.75) is 20.3 Å². The van der Waals surface area contributed by atoms with Crippen LogP contribution in [0.5, 0.6) is 0 Å². The Balaban J connectivity index is 2.73. The van der Waals surface area contributed by atoms with E-state index in [9.17, 15) is 0 Å². The minimum atomic E-state index is 0.514. The van der Waals surface area contributed by atoms with Gasteiger partial charge in [-0.1, -0.05) is 30.7 Å². The first kappa shape index (κ1) is 10.9. The standard InChI is InChI=1S/C11H14Cl2/c1-8(7-12)5-10-4-3-9(2)11(13)6-10/h3-4,6,8H,5,7H2,1-2H3. The summed E-state index contributed by atoms with van der Waals surface area (Å²) in [5.74, 6) is 1.21. The molecular formula is C11H14Cl2. The molecule has 0 aliphatic heterocycles. The van der Waals surface area contributed by atoms with Crippen LogP contribution >= 0.6 is 23.2 Å². The van der Waals surface area contributed by atoms with E-state index < -0.39 is 0 Å². The predicted octanol–water partition coefficient (Wildman–Crippen LogP) is 4.07. The van der Waals surface area contributed by atoms with E-state index in [1.54, 1.807) is 0 Å². The fraction of sp³-hybridized carbons (Fsp3) is 0.455. The van der Waals surface area contributed by atoms with Gasteiger partial charge in [-0.2, -0.15) is 0 Å². The van der Waals surface area contributed by atoms with E-state index in [1.807, 2.05) is 13.0 Å². The highest BCUT2D eigenvalue weighted by Gasteiger charge is 2.03. The highest BCUT2D eigenvalue weighted by atomic mass is 35.5. The van der Waals surface area contributed by atoms with Gasteiger partial charge in [0.15, 0.2) is 0 Å². The van der Waals surface area contributed by atoms with Gasteiger partial charge in [0, 0.05) is 10.9 Å². The van der Waals surface area contributed by atoms with Gasteiger partial charge in [-0.3, -0.25) is 0 Å². The smallest absolute Gasteiger partial charge is 0.0437 e. The van der Waals surface area contributed by atoms with E-state index in [4.69, 9.17) is 23.2 Å². The highest BCUT2D eigenvalue weighted by molar-refractivity contribution is 6.31. The second-order valence-electron chi connectivity index (χ2n) is 3.55. The SMILES string of the molecule is Cc1ccc(CC(C)CCl)cc1Cl. The molecule has 0 heterocycles. The van der Waals surface area contributed by atoms with Gasteiger partial charge in [0.1, 0.15) is 0 Å². The largest absolute Gasteiger partial charge is 0.126 e. The molecule has 0 amide bonds. The fourth-order valence-electron chi connectivity index (χ4n) is 1.22. The first-order chi connectivity index (χ1) is 6.13. The number of hydrogen-bond donors (Lipinski definition) is 0. The minimum absolute atomic E-state index is 0.514. The van der Waals surface area contributed by atoms with Crippen LogP contribution in [-0.2, 0) is 6.42 Å². The molecule has 0 aliphatic rings. The third-order valence-electron chi connectivity index (χ3n) is 2.08. The Morgan fingerprint density at radius 2 is 2.08 bits per heavy atom. The van der Waals surface area contributed by atoms with Crippen molar-refractivity contribution in [1.29, 1.82) is 0 Å². The molecule has 1 aromatic carbocycles. The molecule has 0 aromatic heterocycles. The van der Waals surface area contributed by atoms with Crippen molar-refractivity contribution < 1.29 is 0 Å². The van der Waals surface area contributed by atoms with Gasteiger partial charge in [0.2, 0.25) is 0 Å². The van der Waals surface area contributed by atoms with E-state index in [0.29, 0.717) is 11.8 Å². The van der Waals surface area contributed by atoms with E-state index >= 15 is 0 Å². The molecule has 1 rings (SSSR count). The summed E-state index contributed by atoms with van der Waals surface area (Å²) in [7, 11) is 0. The molecule has 0 fully saturated rings. The van der Waals surface area contributed by atoms with Gasteiger partial charge in [0.05, 0.1) is 0 Å². The molecule has 2 heteroatoms. The Morgan fingerprint density at radius 1 is 1.38 bits per heavy atom. The molecule has 0 nitrogen and oxygen atoms in total. The lowest BCUT2D eigenvalue weighted by Gasteiger charge is -2.08. The summed E-state index contributed by atoms with van der Waals surface area (Å²) in [4.78, 5) is 0. The van der Waals surface area contributed by atoms with Crippen molar-refractivity contribution in [3.05, 3.63) is 34.3 Å². The molecule has 0 bridgehead atoms. The minimum Gasteiger partial charge on any atom is -0.126 e. The summed E-state index contributed by atoms with van der Waals surface area (Å²) in [6.45, 7) is 4.15. The first-order valence-corrected chi connectivity index (χ1v) is 5.35. The Hall–Kier alpha value is -0.200. The van der Waals surface area contributed by atoms with Crippen LogP contribution in [0.3, 0.4) is 0 Å². The molecule has 0 radical (unpaired) electrons. The van der Waals surface area contributed by atoms with Gasteiger partial charge in [-0.05, 0) is 36.5 Å². The third-order valence-corrected chi connectivity index (χ3v) is 3.02. The van der Waals surface area contributed by atoms with Crippen molar-refractivity contribution >= 4 is 23.2 Å². The van der Waals surface area contributed by atoms with Crippen molar-refractivity contribution in [1.82, 2.24) is 0 Å². The lowest BCUT2D eigenvalue weighted by molar-refractivity contribution is 0.654. The zero-order valence-electron chi connectivity index (χ0n) is 7.98. The van der Waals surface area contributed by atoms with Crippen molar-refractivity contribution in [2.75, 3.05) is 5.88 Å². The molecule has 1 aromatic rings. The molecule has 1 atom stereocenters. The number of hydrogen-bond acceptors (Lipinski definition) is 0. The Labute approximate surface area is 89.9 Å². The lowest BCUT2D eigenvalue weighted by Crippen LogP contribution is -2.00. The van der Waals surface area contributed by atoms with Crippen molar-refractivity contribution in [3.63, 3.8) is 0 Å². The van der Waals surface area contributed by atoms with Gasteiger partial charge in [-0.15, -0.1) is 11.6 Å². The van der Waals surface area contributed by atoms with Gasteiger partial charge in [-0.25, -0.2) is 0 Å². The second kappa shape index (κ2) is 4.88. The van der Waals surface area contributed by atoms with Crippen LogP contribution in [0.15, 0.2) is 18.2 Å². The van der Waals surface area contributed by atoms with Gasteiger partial charge in [0.25, 0.3) is 0 Å². The second-order valence-corrected chi connectivity index (χ2v) is 4.26. The summed E-state index contributed by atoms with van der Waals surface area (Å²) < 4.78 is 0. The van der Waals surface area contributed by atoms with Gasteiger partial charge < -0.3 is 0 Å². The molecule has 1 unspecified atom stereocenters. The lowest BCUT2D eigenvalue weighted by atomic mass is 10.0.